The number of rotatable bonds is 3. The molecule has 1 atom stereocenters. The first-order chi connectivity index (χ1) is 9.82. The molecule has 0 saturated carbocycles. The average Bonchev–Trinajstić information content (AvgIpc) is 2.45. The number of carbonyl (C=O) groups excluding carboxylic acids is 1. The molecule has 0 saturated heterocycles. The average molecular weight is 294 g/mol. The van der Waals surface area contributed by atoms with Crippen molar-refractivity contribution in [2.24, 2.45) is 5.73 Å². The summed E-state index contributed by atoms with van der Waals surface area (Å²) in [6.45, 7) is 1.42. The van der Waals surface area contributed by atoms with Crippen molar-refractivity contribution in [1.82, 2.24) is 0 Å². The summed E-state index contributed by atoms with van der Waals surface area (Å²) in [6.07, 6.45) is 0. The van der Waals surface area contributed by atoms with Crippen molar-refractivity contribution in [2.45, 2.75) is 12.5 Å². The summed E-state index contributed by atoms with van der Waals surface area (Å²) in [5.41, 5.74) is 4.35. The van der Waals surface area contributed by atoms with Crippen LogP contribution in [0.2, 0.25) is 0 Å². The van der Waals surface area contributed by atoms with Gasteiger partial charge in [0.1, 0.15) is 11.4 Å². The second-order valence-electron chi connectivity index (χ2n) is 4.77. The summed E-state index contributed by atoms with van der Waals surface area (Å²) in [5, 5.41) is 2.11. The van der Waals surface area contributed by atoms with Crippen LogP contribution in [0.15, 0.2) is 42.5 Å². The van der Waals surface area contributed by atoms with Gasteiger partial charge in [0.2, 0.25) is 5.91 Å². The number of hydrogen-bond acceptors (Lipinski definition) is 2. The zero-order valence-electron chi connectivity index (χ0n) is 11.2. The molecule has 0 aliphatic carbocycles. The lowest BCUT2D eigenvalue weighted by atomic mass is 9.92. The number of benzene rings is 2. The highest BCUT2D eigenvalue weighted by molar-refractivity contribution is 5.98. The maximum absolute atomic E-state index is 13.5. The second kappa shape index (κ2) is 5.57. The van der Waals surface area contributed by atoms with Crippen LogP contribution < -0.4 is 11.1 Å². The van der Waals surface area contributed by atoms with Crippen LogP contribution in [0.5, 0.6) is 0 Å². The lowest BCUT2D eigenvalue weighted by Crippen LogP contribution is -2.45. The molecule has 1 unspecified atom stereocenters. The minimum absolute atomic E-state index is 0.393. The Labute approximate surface area is 119 Å². The fraction of sp³-hybridized carbons (Fsp3) is 0.133. The van der Waals surface area contributed by atoms with Crippen LogP contribution in [0, 0.1) is 17.5 Å². The third-order valence-corrected chi connectivity index (χ3v) is 3.09. The molecule has 0 radical (unpaired) electrons. The van der Waals surface area contributed by atoms with Gasteiger partial charge in [0.05, 0.1) is 5.69 Å². The molecular weight excluding hydrogens is 281 g/mol. The van der Waals surface area contributed by atoms with Gasteiger partial charge in [-0.2, -0.15) is 0 Å². The molecule has 6 heteroatoms. The monoisotopic (exact) mass is 294 g/mol. The van der Waals surface area contributed by atoms with Gasteiger partial charge in [0.25, 0.3) is 0 Å². The molecule has 2 aromatic rings. The molecule has 0 fully saturated rings. The minimum Gasteiger partial charge on any atom is -0.322 e. The van der Waals surface area contributed by atoms with Gasteiger partial charge >= 0.3 is 0 Å². The molecule has 0 spiro atoms. The van der Waals surface area contributed by atoms with E-state index in [0.29, 0.717) is 17.7 Å². The highest BCUT2D eigenvalue weighted by atomic mass is 19.2. The van der Waals surface area contributed by atoms with E-state index in [1.54, 1.807) is 30.3 Å². The number of amides is 1. The number of halogens is 3. The fourth-order valence-corrected chi connectivity index (χ4v) is 1.81. The van der Waals surface area contributed by atoms with Gasteiger partial charge in [-0.15, -0.1) is 0 Å². The maximum Gasteiger partial charge on any atom is 0.248 e. The predicted molar refractivity (Wildman–Crippen MR) is 72.9 cm³/mol. The number of nitrogens with one attached hydrogen (secondary N) is 1. The Hall–Kier alpha value is -2.34. The van der Waals surface area contributed by atoms with Gasteiger partial charge in [-0.1, -0.05) is 30.3 Å². The molecule has 3 N–H and O–H groups in total. The number of nitrogens with two attached hydrogens (primary N) is 1. The van der Waals surface area contributed by atoms with E-state index >= 15 is 0 Å². The Morgan fingerprint density at radius 1 is 1.14 bits per heavy atom. The molecular formula is C15H13F3N2O. The summed E-state index contributed by atoms with van der Waals surface area (Å²) in [5.74, 6) is -4.50. The molecule has 2 rings (SSSR count). The zero-order valence-corrected chi connectivity index (χ0v) is 11.2. The van der Waals surface area contributed by atoms with E-state index in [1.807, 2.05) is 0 Å². The third-order valence-electron chi connectivity index (χ3n) is 3.09. The lowest BCUT2D eigenvalue weighted by molar-refractivity contribution is -0.120. The van der Waals surface area contributed by atoms with E-state index in [4.69, 9.17) is 5.73 Å². The summed E-state index contributed by atoms with van der Waals surface area (Å²) < 4.78 is 39.7. The topological polar surface area (TPSA) is 55.1 Å². The number of hydrogen-bond donors (Lipinski definition) is 2. The molecule has 0 aromatic heterocycles. The van der Waals surface area contributed by atoms with Crippen LogP contribution in [-0.2, 0) is 10.3 Å². The van der Waals surface area contributed by atoms with Crippen molar-refractivity contribution >= 4 is 11.6 Å². The van der Waals surface area contributed by atoms with E-state index in [2.05, 4.69) is 5.32 Å². The van der Waals surface area contributed by atoms with Crippen LogP contribution in [-0.4, -0.2) is 5.91 Å². The SMILES string of the molecule is CC(N)(C(=O)Nc1cc(F)cc(F)c1F)c1ccccc1. The van der Waals surface area contributed by atoms with Crippen molar-refractivity contribution in [2.75, 3.05) is 5.32 Å². The first-order valence-corrected chi connectivity index (χ1v) is 6.13. The largest absolute Gasteiger partial charge is 0.322 e. The molecule has 110 valence electrons. The maximum atomic E-state index is 13.5. The van der Waals surface area contributed by atoms with Gasteiger partial charge < -0.3 is 11.1 Å². The van der Waals surface area contributed by atoms with Crippen LogP contribution in [0.3, 0.4) is 0 Å². The Morgan fingerprint density at radius 3 is 2.38 bits per heavy atom. The Morgan fingerprint density at radius 2 is 1.76 bits per heavy atom. The van der Waals surface area contributed by atoms with E-state index in [0.717, 1.165) is 0 Å². The Bertz CT molecular complexity index is 672. The van der Waals surface area contributed by atoms with Crippen LogP contribution in [0.25, 0.3) is 0 Å². The quantitative estimate of drug-likeness (QED) is 0.855. The standard InChI is InChI=1S/C15H13F3N2O/c1-15(19,9-5-3-2-4-6-9)14(21)20-12-8-10(16)7-11(17)13(12)18/h2-8H,19H2,1H3,(H,20,21). The number of carbonyl (C=O) groups is 1. The first-order valence-electron chi connectivity index (χ1n) is 6.13. The van der Waals surface area contributed by atoms with E-state index < -0.39 is 34.6 Å². The molecule has 2 aromatic carbocycles. The van der Waals surface area contributed by atoms with E-state index in [9.17, 15) is 18.0 Å². The van der Waals surface area contributed by atoms with Crippen molar-refractivity contribution in [3.63, 3.8) is 0 Å². The molecule has 1 amide bonds. The summed E-state index contributed by atoms with van der Waals surface area (Å²) in [4.78, 5) is 12.2. The van der Waals surface area contributed by atoms with Gasteiger partial charge in [-0.3, -0.25) is 4.79 Å². The van der Waals surface area contributed by atoms with Crippen molar-refractivity contribution in [3.8, 4) is 0 Å². The van der Waals surface area contributed by atoms with Crippen LogP contribution in [0.4, 0.5) is 18.9 Å². The Kier molecular flexibility index (Phi) is 3.99. The molecule has 0 bridgehead atoms. The zero-order chi connectivity index (χ0) is 15.6. The lowest BCUT2D eigenvalue weighted by Gasteiger charge is -2.24. The third kappa shape index (κ3) is 3.05. The van der Waals surface area contributed by atoms with Gasteiger partial charge in [-0.05, 0) is 12.5 Å². The second-order valence-corrected chi connectivity index (χ2v) is 4.77. The van der Waals surface area contributed by atoms with Gasteiger partial charge in [0, 0.05) is 12.1 Å². The molecule has 3 nitrogen and oxygen atoms in total. The van der Waals surface area contributed by atoms with Gasteiger partial charge in [-0.25, -0.2) is 13.2 Å². The summed E-state index contributed by atoms with van der Waals surface area (Å²) in [7, 11) is 0. The van der Waals surface area contributed by atoms with Crippen molar-refractivity contribution in [1.29, 1.82) is 0 Å². The molecule has 0 heterocycles. The van der Waals surface area contributed by atoms with Gasteiger partial charge in [0.15, 0.2) is 11.6 Å². The van der Waals surface area contributed by atoms with Crippen molar-refractivity contribution in [3.05, 3.63) is 65.5 Å². The molecule has 0 aliphatic heterocycles. The first kappa shape index (κ1) is 15.1. The highest BCUT2D eigenvalue weighted by Crippen LogP contribution is 2.23. The van der Waals surface area contributed by atoms with Crippen LogP contribution >= 0.6 is 0 Å². The normalized spacial score (nSPS) is 13.6. The van der Waals surface area contributed by atoms with E-state index in [-0.39, 0.29) is 0 Å². The predicted octanol–water partition coefficient (Wildman–Crippen LogP) is 2.92. The van der Waals surface area contributed by atoms with Crippen molar-refractivity contribution < 1.29 is 18.0 Å². The summed E-state index contributed by atoms with van der Waals surface area (Å²) >= 11 is 0. The highest BCUT2D eigenvalue weighted by Gasteiger charge is 2.31. The van der Waals surface area contributed by atoms with Crippen LogP contribution in [0.1, 0.15) is 12.5 Å². The Balaban J connectivity index is 2.30. The fourth-order valence-electron chi connectivity index (χ4n) is 1.81. The minimum atomic E-state index is -1.48. The van der Waals surface area contributed by atoms with E-state index in [1.165, 1.54) is 6.92 Å². The molecule has 21 heavy (non-hydrogen) atoms. The summed E-state index contributed by atoms with van der Waals surface area (Å²) in [6, 6.07) is 9.47. The smallest absolute Gasteiger partial charge is 0.248 e. The molecule has 0 aliphatic rings. The number of anilines is 1.